The van der Waals surface area contributed by atoms with Crippen LogP contribution in [-0.2, 0) is 52.4 Å². The van der Waals surface area contributed by atoms with Gasteiger partial charge in [0.2, 0.25) is 11.8 Å². The molecule has 3 heterocycles. The highest BCUT2D eigenvalue weighted by molar-refractivity contribution is 5.77. The lowest BCUT2D eigenvalue weighted by Gasteiger charge is -2.47. The molecule has 3 aliphatic heterocycles. The Morgan fingerprint density at radius 2 is 0.949 bits per heavy atom. The number of ether oxygens (including phenoxy) is 6. The van der Waals surface area contributed by atoms with Crippen LogP contribution in [0.15, 0.2) is 0 Å². The van der Waals surface area contributed by atoms with Gasteiger partial charge in [0.1, 0.15) is 48.8 Å². The van der Waals surface area contributed by atoms with Crippen LogP contribution in [-0.4, -0.2) is 250 Å². The highest BCUT2D eigenvalue weighted by Crippen LogP contribution is 2.41. The van der Waals surface area contributed by atoms with Gasteiger partial charge in [-0.2, -0.15) is 0 Å². The summed E-state index contributed by atoms with van der Waals surface area (Å²) in [6.07, 6.45) is -23.9. The standard InChI is InChI=1S/C51H91N3O25/c1-23(2)36(24(3)4)25(5)17-30(11-10-14-74-49(46(68)69)18-31(60)37(52-9)43(77-49)40(65)26(6)57)29(12-15-75-50(47(70)71)19-32(61)38(53-27(7)58)44(78-50)41(66)34(63)21-55)13-16-76-51(48(72)73)20-33(62)39(54-28(8)59)45(79-51)42(67)35(64)22-56/h23-26,29-45,52,55-57,60-67H,10-22H2,1-9H3,(H,53,58)(H,54,59)(H,68,69)(H,70,71)(H,72,73)/i6D. The monoisotopic (exact) mass is 1150 g/mol. The molecule has 17 N–H and O–H groups in total. The second kappa shape index (κ2) is 30.8. The van der Waals surface area contributed by atoms with Crippen molar-refractivity contribution < 1.29 is 125 Å². The lowest BCUT2D eigenvalue weighted by Crippen LogP contribution is -2.68. The Labute approximate surface area is 461 Å². The Bertz CT molecular complexity index is 1880. The van der Waals surface area contributed by atoms with Gasteiger partial charge in [0.05, 0.1) is 75.6 Å². The Morgan fingerprint density at radius 3 is 1.28 bits per heavy atom. The number of carboxylic acids is 3. The topological polar surface area (TPSA) is 460 Å². The van der Waals surface area contributed by atoms with Crippen LogP contribution >= 0.6 is 0 Å². The van der Waals surface area contributed by atoms with E-state index in [1.54, 1.807) is 0 Å². The van der Waals surface area contributed by atoms with Crippen molar-refractivity contribution >= 4 is 29.7 Å². The second-order valence-corrected chi connectivity index (χ2v) is 22.1. The fourth-order valence-electron chi connectivity index (χ4n) is 11.9. The minimum absolute atomic E-state index is 0.0491. The SMILES string of the molecule is [2H]CC(O)C(O)C1OC(OCCCC(CC(C)C(C(C)C)C(C)C)C(CCOC2(C(=O)O)CC(O)C(NC(C)=O)C(C(O)C(O)CO)O2)CCOC2(C(=O)O)CC(O)C(NC(C)=O)C(C(O)C(O)CO)O2)(C(=O)O)CC(O)C1NC. The molecule has 79 heavy (non-hydrogen) atoms. The van der Waals surface area contributed by atoms with Crippen LogP contribution in [0.4, 0.5) is 0 Å². The lowest BCUT2D eigenvalue weighted by molar-refractivity contribution is -0.314. The fraction of sp³-hybridized carbons (Fsp3) is 0.902. The number of amides is 2. The van der Waals surface area contributed by atoms with Crippen molar-refractivity contribution in [3.8, 4) is 0 Å². The predicted octanol–water partition coefficient (Wildman–Crippen LogP) is -3.66. The average molecular weight is 1150 g/mol. The Kier molecular flexibility index (Phi) is 26.6. The van der Waals surface area contributed by atoms with Crippen molar-refractivity contribution in [2.24, 2.45) is 35.5 Å². The summed E-state index contributed by atoms with van der Waals surface area (Å²) < 4.78 is 43.2. The molecule has 28 nitrogen and oxygen atoms in total. The molecule has 20 atom stereocenters. The first-order valence-electron chi connectivity index (χ1n) is 27.5. The van der Waals surface area contributed by atoms with Crippen molar-refractivity contribution in [2.45, 2.75) is 215 Å². The van der Waals surface area contributed by atoms with Crippen molar-refractivity contribution in [1.29, 1.82) is 0 Å². The fourth-order valence-corrected chi connectivity index (χ4v) is 11.9. The van der Waals surface area contributed by atoms with Crippen LogP contribution in [0.5, 0.6) is 0 Å². The quantitative estimate of drug-likeness (QED) is 0.0282. The average Bonchev–Trinajstić information content (AvgIpc) is 3.38. The normalized spacial score (nSPS) is 33.2. The van der Waals surface area contributed by atoms with Crippen molar-refractivity contribution in [3.63, 3.8) is 0 Å². The van der Waals surface area contributed by atoms with E-state index in [2.05, 4.69) is 16.0 Å². The number of carboxylic acid groups (broad SMARTS) is 3. The summed E-state index contributed by atoms with van der Waals surface area (Å²) in [5.41, 5.74) is 0. The molecule has 28 heteroatoms. The zero-order valence-corrected chi connectivity index (χ0v) is 46.3. The van der Waals surface area contributed by atoms with E-state index in [0.717, 1.165) is 13.8 Å². The molecule has 0 radical (unpaired) electrons. The summed E-state index contributed by atoms with van der Waals surface area (Å²) in [6.45, 7) is 8.18. The van der Waals surface area contributed by atoms with Gasteiger partial charge in [-0.25, -0.2) is 14.4 Å². The van der Waals surface area contributed by atoms with E-state index < -0.39 is 203 Å². The summed E-state index contributed by atoms with van der Waals surface area (Å²) in [6, 6.07) is -4.11. The van der Waals surface area contributed by atoms with Crippen LogP contribution < -0.4 is 16.0 Å². The molecule has 2 amide bonds. The molecule has 0 aliphatic carbocycles. The first-order valence-corrected chi connectivity index (χ1v) is 26.8. The summed E-state index contributed by atoms with van der Waals surface area (Å²) >= 11 is 0. The van der Waals surface area contributed by atoms with E-state index in [0.29, 0.717) is 6.42 Å². The van der Waals surface area contributed by atoms with Gasteiger partial charge >= 0.3 is 17.9 Å². The van der Waals surface area contributed by atoms with Gasteiger partial charge in [-0.3, -0.25) is 9.59 Å². The van der Waals surface area contributed by atoms with Crippen LogP contribution in [0.2, 0.25) is 0 Å². The third-order valence-electron chi connectivity index (χ3n) is 15.6. The number of aliphatic hydroxyl groups excluding tert-OH is 11. The highest BCUT2D eigenvalue weighted by atomic mass is 16.7. The maximum Gasteiger partial charge on any atom is 0.364 e. The molecule has 3 aliphatic rings. The van der Waals surface area contributed by atoms with Gasteiger partial charge in [-0.15, -0.1) is 0 Å². The van der Waals surface area contributed by atoms with E-state index in [1.807, 2.05) is 34.6 Å². The van der Waals surface area contributed by atoms with Gasteiger partial charge in [0.15, 0.2) is 0 Å². The minimum atomic E-state index is -2.77. The molecule has 3 saturated heterocycles. The number of aliphatic carboxylic acids is 3. The maximum atomic E-state index is 13.2. The molecule has 0 aromatic rings. The molecule has 460 valence electrons. The van der Waals surface area contributed by atoms with E-state index in [-0.39, 0.29) is 56.0 Å². The van der Waals surface area contributed by atoms with Crippen LogP contribution in [0.3, 0.4) is 0 Å². The third-order valence-corrected chi connectivity index (χ3v) is 15.6. The summed E-state index contributed by atoms with van der Waals surface area (Å²) in [5.74, 6) is -15.8. The number of hydrogen-bond acceptors (Lipinski definition) is 23. The highest BCUT2D eigenvalue weighted by Gasteiger charge is 2.58. The molecule has 0 aromatic carbocycles. The Morgan fingerprint density at radius 1 is 0.582 bits per heavy atom. The van der Waals surface area contributed by atoms with Crippen LogP contribution in [0, 0.1) is 35.5 Å². The molecular formula is C51H91N3O25. The number of likely N-dealkylation sites (N-methyl/N-ethyl adjacent to an activating group) is 1. The number of aliphatic hydroxyl groups is 11. The van der Waals surface area contributed by atoms with Gasteiger partial charge in [-0.1, -0.05) is 34.6 Å². The van der Waals surface area contributed by atoms with Gasteiger partial charge in [0.25, 0.3) is 17.4 Å². The van der Waals surface area contributed by atoms with Gasteiger partial charge in [-0.05, 0) is 81.6 Å². The molecule has 3 rings (SSSR count). The molecule has 0 bridgehead atoms. The predicted molar refractivity (Wildman–Crippen MR) is 272 cm³/mol. The van der Waals surface area contributed by atoms with E-state index in [9.17, 15) is 95.5 Å². The summed E-state index contributed by atoms with van der Waals surface area (Å²) in [5, 5.41) is 157. The third kappa shape index (κ3) is 17.8. The first-order chi connectivity index (χ1) is 37.3. The number of carbonyl (C=O) groups is 5. The van der Waals surface area contributed by atoms with E-state index in [1.165, 1.54) is 7.05 Å². The van der Waals surface area contributed by atoms with Crippen LogP contribution in [0.25, 0.3) is 0 Å². The molecule has 0 spiro atoms. The minimum Gasteiger partial charge on any atom is -0.477 e. The molecule has 0 aromatic heterocycles. The van der Waals surface area contributed by atoms with Crippen molar-refractivity contribution in [2.75, 3.05) is 40.1 Å². The van der Waals surface area contributed by atoms with E-state index >= 15 is 0 Å². The van der Waals surface area contributed by atoms with Crippen LogP contribution in [0.1, 0.15) is 108 Å². The van der Waals surface area contributed by atoms with Crippen molar-refractivity contribution in [1.82, 2.24) is 16.0 Å². The smallest absolute Gasteiger partial charge is 0.364 e. The molecule has 3 fully saturated rings. The largest absolute Gasteiger partial charge is 0.477 e. The van der Waals surface area contributed by atoms with Crippen molar-refractivity contribution in [3.05, 3.63) is 0 Å². The summed E-state index contributed by atoms with van der Waals surface area (Å²) in [7, 11) is 1.42. The number of rotatable bonds is 33. The lowest BCUT2D eigenvalue weighted by atomic mass is 9.70. The zero-order chi connectivity index (χ0) is 60.8. The number of nitrogens with one attached hydrogen (secondary N) is 3. The maximum absolute atomic E-state index is 13.2. The van der Waals surface area contributed by atoms with E-state index in [4.69, 9.17) is 29.8 Å². The molecule has 20 unspecified atom stereocenters. The second-order valence-electron chi connectivity index (χ2n) is 22.1. The number of carbonyl (C=O) groups excluding carboxylic acids is 2. The molecular weight excluding hydrogens is 1050 g/mol. The summed E-state index contributed by atoms with van der Waals surface area (Å²) in [4.78, 5) is 63.8. The van der Waals surface area contributed by atoms with Gasteiger partial charge in [0, 0.05) is 34.5 Å². The Balaban J connectivity index is 2.15. The first kappa shape index (κ1) is 68.1. The van der Waals surface area contributed by atoms with Gasteiger partial charge < -0.3 is 116 Å². The number of hydrogen-bond donors (Lipinski definition) is 17. The Hall–Kier alpha value is -3.37. The molecule has 0 saturated carbocycles. The zero-order valence-electron chi connectivity index (χ0n) is 47.3.